The van der Waals surface area contributed by atoms with Crippen LogP contribution in [0.15, 0.2) is 89.4 Å². The molecular formula is C29H33BrN2O3. The van der Waals surface area contributed by atoms with Gasteiger partial charge < -0.3 is 15.0 Å². The van der Waals surface area contributed by atoms with Crippen LogP contribution >= 0.6 is 15.9 Å². The molecule has 0 saturated carbocycles. The number of nitrogens with zero attached hydrogens (tertiary/aromatic N) is 1. The van der Waals surface area contributed by atoms with Crippen LogP contribution < -0.4 is 10.1 Å². The van der Waals surface area contributed by atoms with Crippen molar-refractivity contribution >= 4 is 27.7 Å². The van der Waals surface area contributed by atoms with Gasteiger partial charge in [0.05, 0.1) is 6.61 Å². The molecule has 3 aromatic carbocycles. The zero-order valence-corrected chi connectivity index (χ0v) is 21.7. The lowest BCUT2D eigenvalue weighted by Crippen LogP contribution is -2.50. The molecule has 35 heavy (non-hydrogen) atoms. The molecule has 0 aromatic heterocycles. The van der Waals surface area contributed by atoms with Crippen LogP contribution in [0.3, 0.4) is 0 Å². The molecule has 0 radical (unpaired) electrons. The lowest BCUT2D eigenvalue weighted by atomic mass is 10.0. The van der Waals surface area contributed by atoms with Crippen molar-refractivity contribution in [2.75, 3.05) is 13.2 Å². The van der Waals surface area contributed by atoms with E-state index < -0.39 is 6.04 Å². The molecular weight excluding hydrogens is 504 g/mol. The number of benzene rings is 3. The molecule has 1 atom stereocenters. The van der Waals surface area contributed by atoms with Gasteiger partial charge in [-0.25, -0.2) is 0 Å². The smallest absolute Gasteiger partial charge is 0.243 e. The highest BCUT2D eigenvalue weighted by atomic mass is 79.9. The summed E-state index contributed by atoms with van der Waals surface area (Å²) >= 11 is 3.47. The van der Waals surface area contributed by atoms with E-state index in [4.69, 9.17) is 4.74 Å². The summed E-state index contributed by atoms with van der Waals surface area (Å²) in [5, 5.41) is 3.01. The third-order valence-electron chi connectivity index (χ3n) is 5.63. The predicted octanol–water partition coefficient (Wildman–Crippen LogP) is 5.77. The predicted molar refractivity (Wildman–Crippen MR) is 143 cm³/mol. The molecule has 0 aliphatic rings. The largest absolute Gasteiger partial charge is 0.494 e. The number of hydrogen-bond donors (Lipinski definition) is 1. The van der Waals surface area contributed by atoms with Crippen molar-refractivity contribution in [2.24, 2.45) is 0 Å². The average Bonchev–Trinajstić information content (AvgIpc) is 2.89. The fourth-order valence-electron chi connectivity index (χ4n) is 3.78. The summed E-state index contributed by atoms with van der Waals surface area (Å²) in [4.78, 5) is 28.5. The number of hydrogen-bond acceptors (Lipinski definition) is 3. The number of carbonyl (C=O) groups excluding carboxylic acids is 2. The highest BCUT2D eigenvalue weighted by molar-refractivity contribution is 9.10. The molecule has 0 bridgehead atoms. The molecule has 1 N–H and O–H groups in total. The highest BCUT2D eigenvalue weighted by Crippen LogP contribution is 2.18. The number of carbonyl (C=O) groups is 2. The van der Waals surface area contributed by atoms with Gasteiger partial charge in [-0.2, -0.15) is 0 Å². The van der Waals surface area contributed by atoms with Gasteiger partial charge in [-0.15, -0.1) is 0 Å². The van der Waals surface area contributed by atoms with E-state index >= 15 is 0 Å². The fraction of sp³-hybridized carbons (Fsp3) is 0.310. The van der Waals surface area contributed by atoms with Crippen LogP contribution in [-0.2, 0) is 22.6 Å². The van der Waals surface area contributed by atoms with Gasteiger partial charge in [0.1, 0.15) is 11.8 Å². The molecule has 0 saturated heterocycles. The molecule has 5 nitrogen and oxygen atoms in total. The van der Waals surface area contributed by atoms with Crippen LogP contribution in [0, 0.1) is 0 Å². The zero-order chi connectivity index (χ0) is 24.9. The Hall–Kier alpha value is -3.12. The van der Waals surface area contributed by atoms with E-state index in [-0.39, 0.29) is 11.8 Å². The molecule has 184 valence electrons. The summed E-state index contributed by atoms with van der Waals surface area (Å²) in [5.41, 5.74) is 1.99. The van der Waals surface area contributed by atoms with Crippen molar-refractivity contribution in [3.63, 3.8) is 0 Å². The van der Waals surface area contributed by atoms with Gasteiger partial charge in [0.15, 0.2) is 0 Å². The van der Waals surface area contributed by atoms with Crippen molar-refractivity contribution in [2.45, 2.75) is 45.2 Å². The third kappa shape index (κ3) is 8.87. The Kier molecular flexibility index (Phi) is 10.8. The second kappa shape index (κ2) is 14.3. The Balaban J connectivity index is 1.77. The van der Waals surface area contributed by atoms with E-state index in [9.17, 15) is 9.59 Å². The molecule has 3 aromatic rings. The van der Waals surface area contributed by atoms with E-state index in [1.54, 1.807) is 4.90 Å². The average molecular weight is 537 g/mol. The molecule has 0 spiro atoms. The molecule has 0 heterocycles. The topological polar surface area (TPSA) is 58.6 Å². The maximum Gasteiger partial charge on any atom is 0.243 e. The minimum Gasteiger partial charge on any atom is -0.494 e. The van der Waals surface area contributed by atoms with Crippen molar-refractivity contribution in [3.05, 3.63) is 101 Å². The molecule has 6 heteroatoms. The zero-order valence-electron chi connectivity index (χ0n) is 20.2. The van der Waals surface area contributed by atoms with Crippen LogP contribution in [0.25, 0.3) is 0 Å². The van der Waals surface area contributed by atoms with Crippen LogP contribution in [0.2, 0.25) is 0 Å². The third-order valence-corrected chi connectivity index (χ3v) is 6.16. The Morgan fingerprint density at radius 1 is 0.914 bits per heavy atom. The van der Waals surface area contributed by atoms with Gasteiger partial charge in [0.25, 0.3) is 0 Å². The van der Waals surface area contributed by atoms with E-state index in [1.165, 1.54) is 0 Å². The minimum atomic E-state index is -0.602. The quantitative estimate of drug-likeness (QED) is 0.282. The Morgan fingerprint density at radius 2 is 1.57 bits per heavy atom. The van der Waals surface area contributed by atoms with Crippen LogP contribution in [-0.4, -0.2) is 35.9 Å². The molecule has 0 unspecified atom stereocenters. The molecule has 0 aliphatic carbocycles. The Bertz CT molecular complexity index is 1040. The lowest BCUT2D eigenvalue weighted by Gasteiger charge is -2.31. The van der Waals surface area contributed by atoms with Crippen LogP contribution in [0.1, 0.15) is 37.3 Å². The Labute approximate surface area is 216 Å². The van der Waals surface area contributed by atoms with Crippen LogP contribution in [0.5, 0.6) is 5.75 Å². The number of halogens is 1. The molecule has 2 amide bonds. The van der Waals surface area contributed by atoms with Crippen LogP contribution in [0.4, 0.5) is 0 Å². The maximum atomic E-state index is 13.5. The number of amides is 2. The van der Waals surface area contributed by atoms with Crippen molar-refractivity contribution in [3.8, 4) is 5.75 Å². The second-order valence-corrected chi connectivity index (χ2v) is 9.33. The maximum absolute atomic E-state index is 13.5. The minimum absolute atomic E-state index is 0.0582. The van der Waals surface area contributed by atoms with E-state index in [1.807, 2.05) is 91.9 Å². The first-order chi connectivity index (χ1) is 17.1. The van der Waals surface area contributed by atoms with Gasteiger partial charge in [0, 0.05) is 30.4 Å². The van der Waals surface area contributed by atoms with Gasteiger partial charge in [-0.1, -0.05) is 83.5 Å². The number of nitrogens with one attached hydrogen (secondary N) is 1. The van der Waals surface area contributed by atoms with Crippen molar-refractivity contribution < 1.29 is 14.3 Å². The summed E-state index contributed by atoms with van der Waals surface area (Å²) in [7, 11) is 0. The normalized spacial score (nSPS) is 11.5. The van der Waals surface area contributed by atoms with E-state index in [0.29, 0.717) is 39.0 Å². The van der Waals surface area contributed by atoms with Gasteiger partial charge in [-0.3, -0.25) is 9.59 Å². The first-order valence-electron chi connectivity index (χ1n) is 12.1. The number of ether oxygens (including phenoxy) is 1. The van der Waals surface area contributed by atoms with Gasteiger partial charge >= 0.3 is 0 Å². The first kappa shape index (κ1) is 26.5. The molecule has 3 rings (SSSR count). The standard InChI is InChI=1S/C29H33BrN2O3/c1-2-19-31-29(34)27(21-23-10-5-3-6-11-23)32(22-24-15-17-25(30)18-16-24)28(33)14-9-20-35-26-12-7-4-8-13-26/h3-8,10-13,15-18,27H,2,9,14,19-22H2,1H3,(H,31,34)/t27-/m1/s1. The summed E-state index contributed by atoms with van der Waals surface area (Å²) in [5.74, 6) is 0.603. The monoisotopic (exact) mass is 536 g/mol. The van der Waals surface area contributed by atoms with Gasteiger partial charge in [0.2, 0.25) is 11.8 Å². The van der Waals surface area contributed by atoms with Crippen molar-refractivity contribution in [1.82, 2.24) is 10.2 Å². The van der Waals surface area contributed by atoms with Crippen molar-refractivity contribution in [1.29, 1.82) is 0 Å². The number of rotatable bonds is 13. The summed E-state index contributed by atoms with van der Waals surface area (Å²) in [6.07, 6.45) is 2.16. The summed E-state index contributed by atoms with van der Waals surface area (Å²) in [6.45, 7) is 3.40. The lowest BCUT2D eigenvalue weighted by molar-refractivity contribution is -0.141. The summed E-state index contributed by atoms with van der Waals surface area (Å²) < 4.78 is 6.74. The SMILES string of the molecule is CCCNC(=O)[C@@H](Cc1ccccc1)N(Cc1ccc(Br)cc1)C(=O)CCCOc1ccccc1. The molecule has 0 fully saturated rings. The van der Waals surface area contributed by atoms with E-state index in [2.05, 4.69) is 21.2 Å². The summed E-state index contributed by atoms with van der Waals surface area (Å²) in [6, 6.07) is 26.7. The van der Waals surface area contributed by atoms with Gasteiger partial charge in [-0.05, 0) is 48.2 Å². The Morgan fingerprint density at radius 3 is 2.23 bits per heavy atom. The fourth-order valence-corrected chi connectivity index (χ4v) is 4.04. The first-order valence-corrected chi connectivity index (χ1v) is 12.9. The number of para-hydroxylation sites is 1. The second-order valence-electron chi connectivity index (χ2n) is 8.41. The van der Waals surface area contributed by atoms with E-state index in [0.717, 1.165) is 27.8 Å². The molecule has 0 aliphatic heterocycles. The highest BCUT2D eigenvalue weighted by Gasteiger charge is 2.30.